The Morgan fingerprint density at radius 2 is 2.44 bits per heavy atom. The molecule has 8 heteroatoms. The van der Waals surface area contributed by atoms with Gasteiger partial charge >= 0.3 is 0 Å². The fourth-order valence-corrected chi connectivity index (χ4v) is 3.37. The van der Waals surface area contributed by atoms with Crippen LogP contribution < -0.4 is 4.72 Å². The van der Waals surface area contributed by atoms with Crippen LogP contribution in [0.2, 0.25) is 0 Å². The van der Waals surface area contributed by atoms with Crippen LogP contribution in [-0.2, 0) is 16.6 Å². The van der Waals surface area contributed by atoms with Crippen molar-refractivity contribution >= 4 is 10.0 Å². The van der Waals surface area contributed by atoms with Crippen LogP contribution in [0.5, 0.6) is 0 Å². The van der Waals surface area contributed by atoms with Crippen molar-refractivity contribution in [2.45, 2.75) is 18.1 Å². The van der Waals surface area contributed by atoms with Crippen molar-refractivity contribution in [1.29, 1.82) is 0 Å². The number of aromatic amines is 1. The molecular formula is C10H18N4O3S. The molecule has 3 N–H and O–H groups in total. The molecule has 18 heavy (non-hydrogen) atoms. The summed E-state index contributed by atoms with van der Waals surface area (Å²) in [7, 11) is -1.59. The van der Waals surface area contributed by atoms with Gasteiger partial charge in [-0.25, -0.2) is 13.1 Å². The highest BCUT2D eigenvalue weighted by Gasteiger charge is 2.24. The summed E-state index contributed by atoms with van der Waals surface area (Å²) in [5.41, 5.74) is 0.283. The molecule has 0 aliphatic carbocycles. The standard InChI is InChI=1S/C10H18N4O3S/c1-14-3-2-8(6-14)4-12-18(16,17)10-9(7-15)5-11-13-10/h5,8,12,15H,2-4,6-7H2,1H3,(H,11,13). The van der Waals surface area contributed by atoms with Gasteiger partial charge in [0.15, 0.2) is 5.03 Å². The van der Waals surface area contributed by atoms with Gasteiger partial charge in [0, 0.05) is 18.7 Å². The minimum atomic E-state index is -3.61. The molecule has 0 saturated carbocycles. The summed E-state index contributed by atoms with van der Waals surface area (Å²) in [6, 6.07) is 0. The first kappa shape index (κ1) is 13.5. The van der Waals surface area contributed by atoms with Gasteiger partial charge in [-0.15, -0.1) is 0 Å². The zero-order valence-corrected chi connectivity index (χ0v) is 11.1. The second kappa shape index (κ2) is 5.35. The Bertz CT molecular complexity index is 499. The van der Waals surface area contributed by atoms with Crippen molar-refractivity contribution in [1.82, 2.24) is 19.8 Å². The highest BCUT2D eigenvalue weighted by Crippen LogP contribution is 2.15. The summed E-state index contributed by atoms with van der Waals surface area (Å²) in [6.45, 7) is 1.96. The van der Waals surface area contributed by atoms with Gasteiger partial charge in [-0.3, -0.25) is 5.10 Å². The summed E-state index contributed by atoms with van der Waals surface area (Å²) in [5.74, 6) is 0.338. The first-order chi connectivity index (χ1) is 8.53. The number of H-pyrrole nitrogens is 1. The van der Waals surface area contributed by atoms with E-state index in [2.05, 4.69) is 19.8 Å². The average molecular weight is 274 g/mol. The van der Waals surface area contributed by atoms with E-state index in [4.69, 9.17) is 5.11 Å². The smallest absolute Gasteiger partial charge is 0.257 e. The first-order valence-corrected chi connectivity index (χ1v) is 7.32. The summed E-state index contributed by atoms with van der Waals surface area (Å²) in [6.07, 6.45) is 2.31. The number of sulfonamides is 1. The summed E-state index contributed by atoms with van der Waals surface area (Å²) >= 11 is 0. The number of rotatable bonds is 5. The fraction of sp³-hybridized carbons (Fsp3) is 0.700. The quantitative estimate of drug-likeness (QED) is 0.648. The van der Waals surface area contributed by atoms with Gasteiger partial charge in [0.25, 0.3) is 10.0 Å². The summed E-state index contributed by atoms with van der Waals surface area (Å²) in [4.78, 5) is 2.17. The van der Waals surface area contributed by atoms with E-state index >= 15 is 0 Å². The van der Waals surface area contributed by atoms with E-state index < -0.39 is 10.0 Å². The van der Waals surface area contributed by atoms with Crippen molar-refractivity contribution in [2.75, 3.05) is 26.7 Å². The lowest BCUT2D eigenvalue weighted by atomic mass is 10.1. The van der Waals surface area contributed by atoms with Gasteiger partial charge < -0.3 is 10.0 Å². The molecule has 1 aromatic heterocycles. The third-order valence-corrected chi connectivity index (χ3v) is 4.61. The maximum atomic E-state index is 12.0. The SMILES string of the molecule is CN1CCC(CNS(=O)(=O)c2[nH]ncc2CO)C1. The molecule has 1 aliphatic rings. The zero-order valence-electron chi connectivity index (χ0n) is 10.3. The molecule has 1 fully saturated rings. The van der Waals surface area contributed by atoms with Crippen LogP contribution in [0.15, 0.2) is 11.2 Å². The lowest BCUT2D eigenvalue weighted by Crippen LogP contribution is -2.31. The van der Waals surface area contributed by atoms with E-state index in [0.717, 1.165) is 19.5 Å². The molecular weight excluding hydrogens is 256 g/mol. The molecule has 102 valence electrons. The number of likely N-dealkylation sites (tertiary alicyclic amines) is 1. The predicted molar refractivity (Wildman–Crippen MR) is 65.3 cm³/mol. The minimum absolute atomic E-state index is 0.0450. The molecule has 0 aromatic carbocycles. The number of nitrogens with zero attached hydrogens (tertiary/aromatic N) is 2. The summed E-state index contributed by atoms with van der Waals surface area (Å²) in [5, 5.41) is 15.0. The third kappa shape index (κ3) is 2.89. The van der Waals surface area contributed by atoms with Crippen LogP contribution in [0.1, 0.15) is 12.0 Å². The number of hydrogen-bond acceptors (Lipinski definition) is 5. The summed E-state index contributed by atoms with van der Waals surface area (Å²) < 4.78 is 26.6. The monoisotopic (exact) mass is 274 g/mol. The van der Waals surface area contributed by atoms with Gasteiger partial charge in [0.2, 0.25) is 0 Å². The molecule has 0 radical (unpaired) electrons. The molecule has 0 amide bonds. The average Bonchev–Trinajstić information content (AvgIpc) is 2.95. The largest absolute Gasteiger partial charge is 0.392 e. The second-order valence-electron chi connectivity index (χ2n) is 4.65. The van der Waals surface area contributed by atoms with E-state index in [1.165, 1.54) is 6.20 Å². The number of nitrogens with one attached hydrogen (secondary N) is 2. The van der Waals surface area contributed by atoms with E-state index in [1.54, 1.807) is 0 Å². The molecule has 1 aliphatic heterocycles. The van der Waals surface area contributed by atoms with Crippen molar-refractivity contribution in [3.8, 4) is 0 Å². The molecule has 0 bridgehead atoms. The minimum Gasteiger partial charge on any atom is -0.392 e. The van der Waals surface area contributed by atoms with E-state index in [-0.39, 0.29) is 17.2 Å². The number of aliphatic hydroxyl groups is 1. The molecule has 0 spiro atoms. The van der Waals surface area contributed by atoms with Gasteiger partial charge in [0.05, 0.1) is 12.8 Å². The second-order valence-corrected chi connectivity index (χ2v) is 6.36. The van der Waals surface area contributed by atoms with Crippen LogP contribution >= 0.6 is 0 Å². The van der Waals surface area contributed by atoms with E-state index in [9.17, 15) is 8.42 Å². The molecule has 1 unspecified atom stereocenters. The molecule has 1 aromatic rings. The highest BCUT2D eigenvalue weighted by molar-refractivity contribution is 7.89. The highest BCUT2D eigenvalue weighted by atomic mass is 32.2. The third-order valence-electron chi connectivity index (χ3n) is 3.17. The number of aromatic nitrogens is 2. The topological polar surface area (TPSA) is 98.3 Å². The van der Waals surface area contributed by atoms with Crippen LogP contribution in [0, 0.1) is 5.92 Å². The van der Waals surface area contributed by atoms with Gasteiger partial charge in [0.1, 0.15) is 0 Å². The molecule has 1 atom stereocenters. The van der Waals surface area contributed by atoms with Crippen molar-refractivity contribution in [3.63, 3.8) is 0 Å². The molecule has 7 nitrogen and oxygen atoms in total. The lowest BCUT2D eigenvalue weighted by Gasteiger charge is -2.11. The van der Waals surface area contributed by atoms with Gasteiger partial charge in [-0.05, 0) is 25.9 Å². The number of aliphatic hydroxyl groups excluding tert-OH is 1. The van der Waals surface area contributed by atoms with Gasteiger partial charge in [-0.2, -0.15) is 5.10 Å². The Kier molecular flexibility index (Phi) is 4.00. The van der Waals surface area contributed by atoms with Gasteiger partial charge in [-0.1, -0.05) is 0 Å². The van der Waals surface area contributed by atoms with Crippen LogP contribution in [0.3, 0.4) is 0 Å². The van der Waals surface area contributed by atoms with Crippen LogP contribution in [0.25, 0.3) is 0 Å². The van der Waals surface area contributed by atoms with Crippen molar-refractivity contribution < 1.29 is 13.5 Å². The maximum Gasteiger partial charge on any atom is 0.257 e. The predicted octanol–water partition coefficient (Wildman–Crippen LogP) is -0.868. The van der Waals surface area contributed by atoms with E-state index in [1.807, 2.05) is 7.05 Å². The van der Waals surface area contributed by atoms with Crippen LogP contribution in [0.4, 0.5) is 0 Å². The fourth-order valence-electron chi connectivity index (χ4n) is 2.14. The Hall–Kier alpha value is -0.960. The molecule has 2 rings (SSSR count). The van der Waals surface area contributed by atoms with Crippen LogP contribution in [-0.4, -0.2) is 55.3 Å². The zero-order chi connectivity index (χ0) is 13.2. The number of hydrogen-bond donors (Lipinski definition) is 3. The van der Waals surface area contributed by atoms with E-state index in [0.29, 0.717) is 12.5 Å². The Morgan fingerprint density at radius 1 is 1.67 bits per heavy atom. The van der Waals surface area contributed by atoms with Crippen molar-refractivity contribution in [2.24, 2.45) is 5.92 Å². The van der Waals surface area contributed by atoms with Crippen molar-refractivity contribution in [3.05, 3.63) is 11.8 Å². The lowest BCUT2D eigenvalue weighted by molar-refractivity contribution is 0.278. The molecule has 1 saturated heterocycles. The normalized spacial score (nSPS) is 21.6. The Balaban J connectivity index is 1.99. The maximum absolute atomic E-state index is 12.0. The molecule has 2 heterocycles. The Morgan fingerprint density at radius 3 is 3.06 bits per heavy atom. The first-order valence-electron chi connectivity index (χ1n) is 5.84. The Labute approximate surface area is 106 Å².